The molecule has 5 rings (SSSR count). The third-order valence-electron chi connectivity index (χ3n) is 5.12. The zero-order valence-electron chi connectivity index (χ0n) is 17.2. The lowest BCUT2D eigenvalue weighted by molar-refractivity contribution is 0.102. The first kappa shape index (κ1) is 20.4. The number of amides is 1. The molecule has 0 atom stereocenters. The van der Waals surface area contributed by atoms with E-state index in [-0.39, 0.29) is 5.91 Å². The van der Waals surface area contributed by atoms with Gasteiger partial charge >= 0.3 is 0 Å². The van der Waals surface area contributed by atoms with E-state index in [1.807, 2.05) is 55.5 Å². The maximum atomic E-state index is 13.3. The molecule has 32 heavy (non-hydrogen) atoms. The van der Waals surface area contributed by atoms with Crippen LogP contribution in [0.3, 0.4) is 0 Å². The highest BCUT2D eigenvalue weighted by molar-refractivity contribution is 7.21. The number of nitrogens with zero attached hydrogens (tertiary/aromatic N) is 3. The molecule has 0 fully saturated rings. The first-order chi connectivity index (χ1) is 15.5. The number of aromatic nitrogens is 3. The maximum Gasteiger partial charge on any atom is 0.261 e. The van der Waals surface area contributed by atoms with Crippen molar-refractivity contribution in [3.8, 4) is 21.8 Å². The minimum absolute atomic E-state index is 0.315. The summed E-state index contributed by atoms with van der Waals surface area (Å²) >= 11 is 7.84. The zero-order valence-corrected chi connectivity index (χ0v) is 18.8. The van der Waals surface area contributed by atoms with Crippen LogP contribution >= 0.6 is 22.9 Å². The molecule has 1 amide bonds. The summed E-state index contributed by atoms with van der Waals surface area (Å²) in [6.07, 6.45) is 1.75. The van der Waals surface area contributed by atoms with Gasteiger partial charge < -0.3 is 9.84 Å². The van der Waals surface area contributed by atoms with Crippen molar-refractivity contribution in [3.63, 3.8) is 0 Å². The van der Waals surface area contributed by atoms with Gasteiger partial charge in [0, 0.05) is 23.0 Å². The number of aryl methyl sites for hydroxylation is 2. The predicted molar refractivity (Wildman–Crippen MR) is 127 cm³/mol. The number of benzene rings is 2. The Kier molecular flexibility index (Phi) is 5.20. The Labute approximate surface area is 192 Å². The highest BCUT2D eigenvalue weighted by Crippen LogP contribution is 2.34. The quantitative estimate of drug-likeness (QED) is 0.329. The molecule has 0 radical (unpaired) electrons. The van der Waals surface area contributed by atoms with E-state index in [4.69, 9.17) is 16.1 Å². The van der Waals surface area contributed by atoms with Crippen LogP contribution in [-0.4, -0.2) is 21.0 Å². The van der Waals surface area contributed by atoms with E-state index in [0.717, 1.165) is 26.5 Å². The van der Waals surface area contributed by atoms with E-state index < -0.39 is 0 Å². The molecule has 0 bridgehead atoms. The number of carbonyl (C=O) groups excluding carboxylic acids is 1. The fourth-order valence-electron chi connectivity index (χ4n) is 3.44. The summed E-state index contributed by atoms with van der Waals surface area (Å²) in [5, 5.41) is 8.43. The molecule has 8 heteroatoms. The Hall–Kier alpha value is -3.55. The lowest BCUT2D eigenvalue weighted by Crippen LogP contribution is -2.14. The smallest absolute Gasteiger partial charge is 0.261 e. The van der Waals surface area contributed by atoms with E-state index in [9.17, 15) is 4.79 Å². The van der Waals surface area contributed by atoms with Crippen molar-refractivity contribution in [1.29, 1.82) is 0 Å². The molecule has 3 aromatic heterocycles. The molecule has 2 aromatic carbocycles. The van der Waals surface area contributed by atoms with Gasteiger partial charge in [-0.1, -0.05) is 58.4 Å². The number of hydrogen-bond acceptors (Lipinski definition) is 6. The average Bonchev–Trinajstić information content (AvgIpc) is 3.39. The topological polar surface area (TPSA) is 80.9 Å². The second-order valence-corrected chi connectivity index (χ2v) is 8.66. The number of carbonyl (C=O) groups is 1. The van der Waals surface area contributed by atoms with Gasteiger partial charge in [-0.25, -0.2) is 9.97 Å². The van der Waals surface area contributed by atoms with E-state index in [0.29, 0.717) is 33.3 Å². The SMILES string of the molecule is Cc1ccc(-c2nc3cccnc3s2)cc1NC(=O)c1c(-c2ccccc2Cl)noc1C. The molecule has 0 unspecified atom stereocenters. The average molecular weight is 461 g/mol. The summed E-state index contributed by atoms with van der Waals surface area (Å²) in [6.45, 7) is 3.65. The minimum atomic E-state index is -0.315. The van der Waals surface area contributed by atoms with Gasteiger partial charge in [-0.2, -0.15) is 0 Å². The number of fused-ring (bicyclic) bond motifs is 1. The molecule has 158 valence electrons. The molecule has 3 heterocycles. The van der Waals surface area contributed by atoms with Gasteiger partial charge in [-0.15, -0.1) is 0 Å². The molecule has 0 saturated carbocycles. The summed E-state index contributed by atoms with van der Waals surface area (Å²) in [7, 11) is 0. The van der Waals surface area contributed by atoms with Crippen LogP contribution in [0.4, 0.5) is 5.69 Å². The maximum absolute atomic E-state index is 13.3. The van der Waals surface area contributed by atoms with Crippen LogP contribution in [0.15, 0.2) is 65.3 Å². The fraction of sp³-hybridized carbons (Fsp3) is 0.0833. The summed E-state index contributed by atoms with van der Waals surface area (Å²) in [5.74, 6) is 0.105. The standard InChI is InChI=1S/C24H17ClN4O2S/c1-13-9-10-15(23-28-18-8-5-11-26-24(18)32-23)12-19(13)27-22(30)20-14(2)31-29-21(20)16-6-3-4-7-17(16)25/h3-12H,1-2H3,(H,27,30). The molecule has 0 spiro atoms. The Balaban J connectivity index is 1.50. The van der Waals surface area contributed by atoms with Gasteiger partial charge in [0.25, 0.3) is 5.91 Å². The molecule has 5 aromatic rings. The third-order valence-corrected chi connectivity index (χ3v) is 6.48. The summed E-state index contributed by atoms with van der Waals surface area (Å²) < 4.78 is 5.34. The summed E-state index contributed by atoms with van der Waals surface area (Å²) in [5.41, 5.74) is 4.78. The Morgan fingerprint density at radius 1 is 1.09 bits per heavy atom. The first-order valence-corrected chi connectivity index (χ1v) is 11.1. The molecule has 6 nitrogen and oxygen atoms in total. The second-order valence-electron chi connectivity index (χ2n) is 7.27. The van der Waals surface area contributed by atoms with Crippen molar-refractivity contribution >= 4 is 44.9 Å². The molecular formula is C24H17ClN4O2S. The third kappa shape index (κ3) is 3.66. The Morgan fingerprint density at radius 2 is 1.94 bits per heavy atom. The van der Waals surface area contributed by atoms with Crippen LogP contribution < -0.4 is 5.32 Å². The van der Waals surface area contributed by atoms with Crippen LogP contribution in [0.5, 0.6) is 0 Å². The first-order valence-electron chi connectivity index (χ1n) is 9.86. The zero-order chi connectivity index (χ0) is 22.2. The number of halogens is 1. The minimum Gasteiger partial charge on any atom is -0.360 e. The van der Waals surface area contributed by atoms with E-state index >= 15 is 0 Å². The number of nitrogens with one attached hydrogen (secondary N) is 1. The summed E-state index contributed by atoms with van der Waals surface area (Å²) in [4.78, 5) is 23.2. The van der Waals surface area contributed by atoms with Crippen molar-refractivity contribution < 1.29 is 9.32 Å². The number of anilines is 1. The van der Waals surface area contributed by atoms with Crippen LogP contribution in [0.1, 0.15) is 21.7 Å². The van der Waals surface area contributed by atoms with Crippen molar-refractivity contribution in [2.24, 2.45) is 0 Å². The number of rotatable bonds is 4. The van der Waals surface area contributed by atoms with Gasteiger partial charge in [0.1, 0.15) is 32.4 Å². The normalized spacial score (nSPS) is 11.1. The number of hydrogen-bond donors (Lipinski definition) is 1. The van der Waals surface area contributed by atoms with Crippen LogP contribution in [0.25, 0.3) is 32.2 Å². The van der Waals surface area contributed by atoms with Crippen molar-refractivity contribution in [1.82, 2.24) is 15.1 Å². The number of thiazole rings is 1. The lowest BCUT2D eigenvalue weighted by Gasteiger charge is -2.10. The van der Waals surface area contributed by atoms with Gasteiger partial charge in [0.05, 0.1) is 5.02 Å². The van der Waals surface area contributed by atoms with Crippen LogP contribution in [0, 0.1) is 13.8 Å². The molecule has 0 aliphatic carbocycles. The molecule has 0 aliphatic heterocycles. The Bertz CT molecular complexity index is 1440. The monoisotopic (exact) mass is 460 g/mol. The van der Waals surface area contributed by atoms with Gasteiger partial charge in [-0.05, 0) is 43.7 Å². The Morgan fingerprint density at radius 3 is 2.75 bits per heavy atom. The highest BCUT2D eigenvalue weighted by atomic mass is 35.5. The fourth-order valence-corrected chi connectivity index (χ4v) is 4.57. The van der Waals surface area contributed by atoms with Crippen molar-refractivity contribution in [3.05, 3.63) is 82.7 Å². The summed E-state index contributed by atoms with van der Waals surface area (Å²) in [6, 6.07) is 16.9. The van der Waals surface area contributed by atoms with Crippen LogP contribution in [0.2, 0.25) is 5.02 Å². The van der Waals surface area contributed by atoms with E-state index in [1.54, 1.807) is 19.2 Å². The second kappa shape index (κ2) is 8.18. The van der Waals surface area contributed by atoms with Gasteiger partial charge in [0.2, 0.25) is 0 Å². The van der Waals surface area contributed by atoms with Gasteiger partial charge in [0.15, 0.2) is 0 Å². The largest absolute Gasteiger partial charge is 0.360 e. The van der Waals surface area contributed by atoms with Crippen LogP contribution in [-0.2, 0) is 0 Å². The predicted octanol–water partition coefficient (Wildman–Crippen LogP) is 6.54. The number of pyridine rings is 1. The lowest BCUT2D eigenvalue weighted by atomic mass is 10.0. The molecule has 0 aliphatic rings. The highest BCUT2D eigenvalue weighted by Gasteiger charge is 2.23. The van der Waals surface area contributed by atoms with Crippen molar-refractivity contribution in [2.75, 3.05) is 5.32 Å². The molecule has 0 saturated heterocycles. The van der Waals surface area contributed by atoms with E-state index in [2.05, 4.69) is 20.4 Å². The van der Waals surface area contributed by atoms with Crippen molar-refractivity contribution in [2.45, 2.75) is 13.8 Å². The molecular weight excluding hydrogens is 444 g/mol. The van der Waals surface area contributed by atoms with E-state index in [1.165, 1.54) is 11.3 Å². The molecule has 1 N–H and O–H groups in total. The van der Waals surface area contributed by atoms with Gasteiger partial charge in [-0.3, -0.25) is 4.79 Å².